The molecular weight excluding hydrogens is 158 g/mol. The minimum atomic E-state index is 0.601. The van der Waals surface area contributed by atoms with Crippen LogP contribution < -0.4 is 16.2 Å². The lowest BCUT2D eigenvalue weighted by molar-refractivity contribution is 1.12. The lowest BCUT2D eigenvalue weighted by Gasteiger charge is -2.21. The monoisotopic (exact) mass is 165 g/mol. The van der Waals surface area contributed by atoms with Crippen molar-refractivity contribution in [1.82, 2.24) is 5.43 Å². The highest BCUT2D eigenvalue weighted by atomic mass is 32.1. The Morgan fingerprint density at radius 1 is 1.00 bits per heavy atom. The predicted octanol–water partition coefficient (Wildman–Crippen LogP) is 1.31. The predicted molar refractivity (Wildman–Crippen MR) is 49.4 cm³/mol. The maximum absolute atomic E-state index is 4.90. The van der Waals surface area contributed by atoms with Gasteiger partial charge in [0.05, 0.1) is 11.4 Å². The van der Waals surface area contributed by atoms with E-state index in [2.05, 4.69) is 16.2 Å². The summed E-state index contributed by atoms with van der Waals surface area (Å²) in [5.41, 5.74) is 7.79. The van der Waals surface area contributed by atoms with Crippen molar-refractivity contribution in [2.45, 2.75) is 0 Å². The average Bonchev–Trinajstić information content (AvgIpc) is 2.04. The molecule has 1 aromatic carbocycles. The van der Waals surface area contributed by atoms with Crippen LogP contribution in [0.3, 0.4) is 0 Å². The van der Waals surface area contributed by atoms with E-state index in [9.17, 15) is 0 Å². The second-order valence-corrected chi connectivity index (χ2v) is 2.66. The van der Waals surface area contributed by atoms with Crippen LogP contribution in [0, 0.1) is 0 Å². The van der Waals surface area contributed by atoms with Crippen LogP contribution >= 0.6 is 12.2 Å². The van der Waals surface area contributed by atoms with Gasteiger partial charge in [-0.15, -0.1) is 0 Å². The van der Waals surface area contributed by atoms with Crippen LogP contribution in [0.1, 0.15) is 0 Å². The largest absolute Gasteiger partial charge is 0.330 e. The molecule has 0 bridgehead atoms. The van der Waals surface area contributed by atoms with Crippen molar-refractivity contribution < 1.29 is 0 Å². The van der Waals surface area contributed by atoms with Crippen LogP contribution in [0.5, 0.6) is 0 Å². The fourth-order valence-electron chi connectivity index (χ4n) is 0.979. The molecule has 56 valence electrons. The summed E-state index contributed by atoms with van der Waals surface area (Å²) in [5.74, 6) is 0. The molecule has 2 rings (SSSR count). The van der Waals surface area contributed by atoms with E-state index in [1.165, 1.54) is 0 Å². The van der Waals surface area contributed by atoms with Gasteiger partial charge in [-0.3, -0.25) is 10.9 Å². The van der Waals surface area contributed by atoms with Gasteiger partial charge >= 0.3 is 0 Å². The van der Waals surface area contributed by atoms with Crippen LogP contribution in [-0.4, -0.2) is 5.11 Å². The van der Waals surface area contributed by atoms with Crippen LogP contribution in [0.25, 0.3) is 0 Å². The van der Waals surface area contributed by atoms with Gasteiger partial charge in [0.2, 0.25) is 0 Å². The summed E-state index contributed by atoms with van der Waals surface area (Å²) in [4.78, 5) is 0. The van der Waals surface area contributed by atoms with Crippen molar-refractivity contribution in [3.63, 3.8) is 0 Å². The first-order chi connectivity index (χ1) is 5.36. The number of anilines is 2. The van der Waals surface area contributed by atoms with Crippen molar-refractivity contribution >= 4 is 28.7 Å². The van der Waals surface area contributed by atoms with Gasteiger partial charge < -0.3 is 5.32 Å². The highest BCUT2D eigenvalue weighted by Gasteiger charge is 2.07. The van der Waals surface area contributed by atoms with Gasteiger partial charge in [0.15, 0.2) is 5.11 Å². The minimum Gasteiger partial charge on any atom is -0.330 e. The van der Waals surface area contributed by atoms with E-state index in [0.717, 1.165) is 11.4 Å². The van der Waals surface area contributed by atoms with Gasteiger partial charge in [0, 0.05) is 0 Å². The van der Waals surface area contributed by atoms with Crippen molar-refractivity contribution in [1.29, 1.82) is 0 Å². The van der Waals surface area contributed by atoms with Gasteiger partial charge in [-0.25, -0.2) is 0 Å². The second-order valence-electron chi connectivity index (χ2n) is 2.25. The molecule has 1 aromatic rings. The molecule has 3 nitrogen and oxygen atoms in total. The van der Waals surface area contributed by atoms with Gasteiger partial charge in [-0.05, 0) is 24.4 Å². The zero-order chi connectivity index (χ0) is 7.68. The quantitative estimate of drug-likeness (QED) is 0.507. The van der Waals surface area contributed by atoms with Crippen LogP contribution in [0.15, 0.2) is 24.3 Å². The molecule has 0 saturated heterocycles. The Morgan fingerprint density at radius 3 is 2.55 bits per heavy atom. The van der Waals surface area contributed by atoms with Gasteiger partial charge in [-0.1, -0.05) is 12.1 Å². The number of fused-ring (bicyclic) bond motifs is 1. The van der Waals surface area contributed by atoms with E-state index in [0.29, 0.717) is 5.11 Å². The number of hydrazine groups is 1. The number of rotatable bonds is 0. The molecular formula is C7H7N3S. The summed E-state index contributed by atoms with van der Waals surface area (Å²) in [6.07, 6.45) is 0. The Kier molecular flexibility index (Phi) is 1.40. The van der Waals surface area contributed by atoms with Crippen LogP contribution in [-0.2, 0) is 0 Å². The zero-order valence-corrected chi connectivity index (χ0v) is 6.53. The molecule has 11 heavy (non-hydrogen) atoms. The van der Waals surface area contributed by atoms with Crippen LogP contribution in [0.2, 0.25) is 0 Å². The fraction of sp³-hybridized carbons (Fsp3) is 0. The topological polar surface area (TPSA) is 36.1 Å². The van der Waals surface area contributed by atoms with Crippen molar-refractivity contribution in [2.24, 2.45) is 0 Å². The van der Waals surface area contributed by atoms with E-state index in [1.807, 2.05) is 24.3 Å². The van der Waals surface area contributed by atoms with E-state index in [-0.39, 0.29) is 0 Å². The van der Waals surface area contributed by atoms with E-state index >= 15 is 0 Å². The molecule has 4 heteroatoms. The number of thiocarbonyl (C=S) groups is 1. The number of nitrogens with one attached hydrogen (secondary N) is 3. The SMILES string of the molecule is S=C1NNc2ccccc2N1. The van der Waals surface area contributed by atoms with E-state index in [4.69, 9.17) is 12.2 Å². The fourth-order valence-corrected chi connectivity index (χ4v) is 1.14. The Hall–Kier alpha value is -1.29. The molecule has 0 saturated carbocycles. The normalized spacial score (nSPS) is 14.0. The lowest BCUT2D eigenvalue weighted by Crippen LogP contribution is -2.37. The third-order valence-electron chi connectivity index (χ3n) is 1.49. The highest BCUT2D eigenvalue weighted by Crippen LogP contribution is 2.21. The standard InChI is InChI=1S/C7H7N3S/c11-7-8-5-3-1-2-4-6(5)9-10-7/h1-4,9H,(H2,8,10,11). The highest BCUT2D eigenvalue weighted by molar-refractivity contribution is 7.80. The Bertz CT molecular complexity index is 297. The molecule has 0 radical (unpaired) electrons. The third-order valence-corrected chi connectivity index (χ3v) is 1.69. The summed E-state index contributed by atoms with van der Waals surface area (Å²) in [7, 11) is 0. The first-order valence-electron chi connectivity index (χ1n) is 3.28. The van der Waals surface area contributed by atoms with Gasteiger partial charge in [-0.2, -0.15) is 0 Å². The molecule has 0 unspecified atom stereocenters. The third kappa shape index (κ3) is 1.12. The first kappa shape index (κ1) is 6.42. The molecule has 3 N–H and O–H groups in total. The summed E-state index contributed by atoms with van der Waals surface area (Å²) in [5, 5.41) is 3.62. The maximum Gasteiger partial charge on any atom is 0.189 e. The summed E-state index contributed by atoms with van der Waals surface area (Å²) < 4.78 is 0. The first-order valence-corrected chi connectivity index (χ1v) is 3.69. The molecule has 0 aromatic heterocycles. The van der Waals surface area contributed by atoms with Crippen LogP contribution in [0.4, 0.5) is 11.4 Å². The van der Waals surface area contributed by atoms with E-state index in [1.54, 1.807) is 0 Å². The number of hydrogen-bond acceptors (Lipinski definition) is 2. The van der Waals surface area contributed by atoms with Crippen molar-refractivity contribution in [3.05, 3.63) is 24.3 Å². The molecule has 0 aliphatic carbocycles. The Balaban J connectivity index is 2.41. The maximum atomic E-state index is 4.90. The molecule has 1 heterocycles. The number of para-hydroxylation sites is 2. The lowest BCUT2D eigenvalue weighted by atomic mass is 10.2. The molecule has 0 atom stereocenters. The molecule has 1 aliphatic heterocycles. The number of hydrogen-bond donors (Lipinski definition) is 3. The summed E-state index contributed by atoms with van der Waals surface area (Å²) >= 11 is 4.90. The average molecular weight is 165 g/mol. The summed E-state index contributed by atoms with van der Waals surface area (Å²) in [6.45, 7) is 0. The van der Waals surface area contributed by atoms with Crippen molar-refractivity contribution in [2.75, 3.05) is 10.7 Å². The molecule has 0 amide bonds. The Morgan fingerprint density at radius 2 is 1.73 bits per heavy atom. The number of benzene rings is 1. The second kappa shape index (κ2) is 2.39. The Labute approximate surface area is 69.8 Å². The summed E-state index contributed by atoms with van der Waals surface area (Å²) in [6, 6.07) is 7.86. The van der Waals surface area contributed by atoms with Gasteiger partial charge in [0.25, 0.3) is 0 Å². The zero-order valence-electron chi connectivity index (χ0n) is 5.72. The van der Waals surface area contributed by atoms with Crippen molar-refractivity contribution in [3.8, 4) is 0 Å². The smallest absolute Gasteiger partial charge is 0.189 e. The molecule has 0 fully saturated rings. The minimum absolute atomic E-state index is 0.601. The molecule has 1 aliphatic rings. The van der Waals surface area contributed by atoms with E-state index < -0.39 is 0 Å². The molecule has 0 spiro atoms. The van der Waals surface area contributed by atoms with Gasteiger partial charge in [0.1, 0.15) is 0 Å².